The predicted molar refractivity (Wildman–Crippen MR) is 106 cm³/mol. The molecule has 0 unspecified atom stereocenters. The van der Waals surface area contributed by atoms with Crippen LogP contribution in [0.1, 0.15) is 15.9 Å². The average Bonchev–Trinajstić information content (AvgIpc) is 2.69. The molecule has 0 aliphatic heterocycles. The lowest BCUT2D eigenvalue weighted by Crippen LogP contribution is -2.26. The highest BCUT2D eigenvalue weighted by molar-refractivity contribution is 6.30. The van der Waals surface area contributed by atoms with E-state index in [1.54, 1.807) is 7.11 Å². The van der Waals surface area contributed by atoms with Crippen molar-refractivity contribution in [2.75, 3.05) is 19.0 Å². The number of nitrogens with zero attached hydrogens (tertiary/aromatic N) is 2. The highest BCUT2D eigenvalue weighted by Crippen LogP contribution is 2.17. The first-order valence-corrected chi connectivity index (χ1v) is 8.77. The number of nitrogens with one attached hydrogen (secondary N) is 2. The van der Waals surface area contributed by atoms with Gasteiger partial charge in [-0.05, 0) is 48.4 Å². The zero-order chi connectivity index (χ0) is 19.1. The Kier molecular flexibility index (Phi) is 6.22. The van der Waals surface area contributed by atoms with Crippen molar-refractivity contribution in [2.45, 2.75) is 6.42 Å². The third-order valence-electron chi connectivity index (χ3n) is 3.85. The molecule has 0 atom stereocenters. The van der Waals surface area contributed by atoms with Gasteiger partial charge in [-0.2, -0.15) is 0 Å². The Hall–Kier alpha value is -3.12. The van der Waals surface area contributed by atoms with Crippen LogP contribution in [-0.4, -0.2) is 29.5 Å². The summed E-state index contributed by atoms with van der Waals surface area (Å²) in [5, 5.41) is 6.61. The van der Waals surface area contributed by atoms with Crippen molar-refractivity contribution < 1.29 is 9.53 Å². The van der Waals surface area contributed by atoms with E-state index < -0.39 is 0 Å². The number of aromatic nitrogens is 2. The summed E-state index contributed by atoms with van der Waals surface area (Å²) in [4.78, 5) is 20.6. The van der Waals surface area contributed by atoms with Crippen LogP contribution in [0.5, 0.6) is 5.75 Å². The molecule has 0 saturated heterocycles. The van der Waals surface area contributed by atoms with Crippen molar-refractivity contribution in [1.29, 1.82) is 0 Å². The average molecular weight is 383 g/mol. The van der Waals surface area contributed by atoms with E-state index in [1.807, 2.05) is 48.5 Å². The van der Waals surface area contributed by atoms with Crippen molar-refractivity contribution in [1.82, 2.24) is 15.3 Å². The number of amides is 1. The maximum atomic E-state index is 12.2. The van der Waals surface area contributed by atoms with Crippen LogP contribution in [-0.2, 0) is 6.42 Å². The monoisotopic (exact) mass is 382 g/mol. The fourth-order valence-corrected chi connectivity index (χ4v) is 2.64. The van der Waals surface area contributed by atoms with Gasteiger partial charge in [0.15, 0.2) is 0 Å². The van der Waals surface area contributed by atoms with Gasteiger partial charge < -0.3 is 15.4 Å². The van der Waals surface area contributed by atoms with Crippen LogP contribution in [0.3, 0.4) is 0 Å². The maximum absolute atomic E-state index is 12.2. The zero-order valence-electron chi connectivity index (χ0n) is 14.8. The van der Waals surface area contributed by atoms with Gasteiger partial charge in [-0.3, -0.25) is 4.79 Å². The summed E-state index contributed by atoms with van der Waals surface area (Å²) in [5.41, 5.74) is 2.30. The maximum Gasteiger partial charge on any atom is 0.254 e. The van der Waals surface area contributed by atoms with Crippen LogP contribution in [0, 0.1) is 0 Å². The summed E-state index contributed by atoms with van der Waals surface area (Å²) in [6, 6.07) is 15.0. The van der Waals surface area contributed by atoms with E-state index in [0.717, 1.165) is 17.0 Å². The predicted octanol–water partition coefficient (Wildman–Crippen LogP) is 3.85. The quantitative estimate of drug-likeness (QED) is 0.649. The number of ether oxygens (including phenoxy) is 1. The van der Waals surface area contributed by atoms with E-state index in [4.69, 9.17) is 16.3 Å². The van der Waals surface area contributed by atoms with Crippen molar-refractivity contribution in [2.24, 2.45) is 0 Å². The fourth-order valence-electron chi connectivity index (χ4n) is 2.43. The van der Waals surface area contributed by atoms with Crippen molar-refractivity contribution in [3.05, 3.63) is 77.1 Å². The van der Waals surface area contributed by atoms with Crippen LogP contribution in [0.2, 0.25) is 5.02 Å². The highest BCUT2D eigenvalue weighted by Gasteiger charge is 2.07. The lowest BCUT2D eigenvalue weighted by atomic mass is 10.1. The van der Waals surface area contributed by atoms with Gasteiger partial charge in [0.05, 0.1) is 12.7 Å². The van der Waals surface area contributed by atoms with E-state index >= 15 is 0 Å². The third-order valence-corrected chi connectivity index (χ3v) is 4.08. The lowest BCUT2D eigenvalue weighted by Gasteiger charge is -2.07. The second-order valence-corrected chi connectivity index (χ2v) is 6.22. The van der Waals surface area contributed by atoms with Crippen molar-refractivity contribution >= 4 is 29.1 Å². The number of rotatable bonds is 7. The fraction of sp³-hybridized carbons (Fsp3) is 0.150. The summed E-state index contributed by atoms with van der Waals surface area (Å²) >= 11 is 5.95. The topological polar surface area (TPSA) is 76.1 Å². The first kappa shape index (κ1) is 18.7. The molecule has 0 spiro atoms. The second kappa shape index (κ2) is 9.00. The molecule has 1 aromatic heterocycles. The van der Waals surface area contributed by atoms with Crippen molar-refractivity contribution in [3.63, 3.8) is 0 Å². The minimum Gasteiger partial charge on any atom is -0.497 e. The molecule has 3 aromatic rings. The van der Waals surface area contributed by atoms with E-state index in [2.05, 4.69) is 20.6 Å². The second-order valence-electron chi connectivity index (χ2n) is 5.78. The summed E-state index contributed by atoms with van der Waals surface area (Å²) in [6.45, 7) is 0.505. The van der Waals surface area contributed by atoms with Crippen LogP contribution < -0.4 is 15.4 Å². The Labute approximate surface area is 162 Å². The summed E-state index contributed by atoms with van der Waals surface area (Å²) in [5.74, 6) is 0.968. The first-order valence-electron chi connectivity index (χ1n) is 8.40. The summed E-state index contributed by atoms with van der Waals surface area (Å²) in [7, 11) is 1.62. The summed E-state index contributed by atoms with van der Waals surface area (Å²) < 4.78 is 5.12. The minimum absolute atomic E-state index is 0.215. The Bertz CT molecular complexity index is 899. The van der Waals surface area contributed by atoms with E-state index in [1.165, 1.54) is 12.4 Å². The van der Waals surface area contributed by atoms with E-state index in [9.17, 15) is 4.79 Å². The number of carbonyl (C=O) groups excluding carboxylic acids is 1. The van der Waals surface area contributed by atoms with Gasteiger partial charge in [0.25, 0.3) is 5.91 Å². The molecule has 0 aliphatic carbocycles. The molecule has 6 nitrogen and oxygen atoms in total. The standard InChI is InChI=1S/C20H19ClN4O2/c1-27-18-7-5-17(6-8-18)25-20-23-12-15(13-24-20)19(26)22-10-9-14-3-2-4-16(21)11-14/h2-8,11-13H,9-10H2,1H3,(H,22,26)(H,23,24,25). The molecule has 0 bridgehead atoms. The largest absolute Gasteiger partial charge is 0.497 e. The van der Waals surface area contributed by atoms with Gasteiger partial charge in [-0.15, -0.1) is 0 Å². The molecular weight excluding hydrogens is 364 g/mol. The van der Waals surface area contributed by atoms with Crippen LogP contribution in [0.4, 0.5) is 11.6 Å². The minimum atomic E-state index is -0.215. The summed E-state index contributed by atoms with van der Waals surface area (Å²) in [6.07, 6.45) is 3.69. The molecule has 27 heavy (non-hydrogen) atoms. The number of carbonyl (C=O) groups is 1. The molecule has 1 heterocycles. The molecular formula is C20H19ClN4O2. The molecule has 0 radical (unpaired) electrons. The van der Waals surface area contributed by atoms with Crippen molar-refractivity contribution in [3.8, 4) is 5.75 Å². The number of hydrogen-bond acceptors (Lipinski definition) is 5. The van der Waals surface area contributed by atoms with E-state index in [-0.39, 0.29) is 5.91 Å². The first-order chi connectivity index (χ1) is 13.1. The molecule has 3 rings (SSSR count). The number of halogens is 1. The highest BCUT2D eigenvalue weighted by atomic mass is 35.5. The van der Waals surface area contributed by atoms with Gasteiger partial charge in [-0.1, -0.05) is 23.7 Å². The van der Waals surface area contributed by atoms with Gasteiger partial charge >= 0.3 is 0 Å². The van der Waals surface area contributed by atoms with Gasteiger partial charge in [-0.25, -0.2) is 9.97 Å². The lowest BCUT2D eigenvalue weighted by molar-refractivity contribution is 0.0953. The molecule has 0 fully saturated rings. The SMILES string of the molecule is COc1ccc(Nc2ncc(C(=O)NCCc3cccc(Cl)c3)cn2)cc1. The van der Waals surface area contributed by atoms with Gasteiger partial charge in [0, 0.05) is 29.6 Å². The number of benzene rings is 2. The Balaban J connectivity index is 1.52. The van der Waals surface area contributed by atoms with Crippen LogP contribution in [0.15, 0.2) is 60.9 Å². The molecule has 138 valence electrons. The molecule has 0 saturated carbocycles. The normalized spacial score (nSPS) is 10.3. The number of methoxy groups -OCH3 is 1. The van der Waals surface area contributed by atoms with Gasteiger partial charge in [0.2, 0.25) is 5.95 Å². The van der Waals surface area contributed by atoms with E-state index in [0.29, 0.717) is 29.5 Å². The number of anilines is 2. The van der Waals surface area contributed by atoms with Crippen LogP contribution >= 0.6 is 11.6 Å². The molecule has 0 aliphatic rings. The third kappa shape index (κ3) is 5.43. The van der Waals surface area contributed by atoms with Crippen LogP contribution in [0.25, 0.3) is 0 Å². The smallest absolute Gasteiger partial charge is 0.254 e. The molecule has 1 amide bonds. The van der Waals surface area contributed by atoms with Gasteiger partial charge in [0.1, 0.15) is 5.75 Å². The number of hydrogen-bond donors (Lipinski definition) is 2. The zero-order valence-corrected chi connectivity index (χ0v) is 15.5. The molecule has 2 aromatic carbocycles. The Morgan fingerprint density at radius 1 is 1.11 bits per heavy atom. The molecule has 7 heteroatoms. The molecule has 2 N–H and O–H groups in total. The Morgan fingerprint density at radius 2 is 1.85 bits per heavy atom. The Morgan fingerprint density at radius 3 is 2.52 bits per heavy atom.